The number of rotatable bonds is 4. The summed E-state index contributed by atoms with van der Waals surface area (Å²) in [5.41, 5.74) is 1.77. The molecular weight excluding hydrogens is 453 g/mol. The Hall–Kier alpha value is -2.12. The van der Waals surface area contributed by atoms with E-state index < -0.39 is 0 Å². The van der Waals surface area contributed by atoms with E-state index in [1.807, 2.05) is 48.3 Å². The van der Waals surface area contributed by atoms with Crippen molar-refractivity contribution in [3.8, 4) is 11.3 Å². The number of aromatic nitrogens is 1. The summed E-state index contributed by atoms with van der Waals surface area (Å²) in [6.07, 6.45) is 2.86. The second-order valence-electron chi connectivity index (χ2n) is 7.16. The van der Waals surface area contributed by atoms with Gasteiger partial charge >= 0.3 is 0 Å². The lowest BCUT2D eigenvalue weighted by Crippen LogP contribution is -2.35. The molecule has 1 saturated heterocycles. The molecule has 148 valence electrons. The predicted molar refractivity (Wildman–Crippen MR) is 117 cm³/mol. The number of hydrogen-bond acceptors (Lipinski definition) is 5. The van der Waals surface area contributed by atoms with Gasteiger partial charge in [-0.15, -0.1) is 0 Å². The minimum absolute atomic E-state index is 0.0344. The van der Waals surface area contributed by atoms with Crippen molar-refractivity contribution >= 4 is 32.9 Å². The monoisotopic (exact) mass is 471 g/mol. The van der Waals surface area contributed by atoms with Crippen LogP contribution in [0.15, 0.2) is 68.6 Å². The Morgan fingerprint density at radius 1 is 1.24 bits per heavy atom. The first-order chi connectivity index (χ1) is 14.2. The Bertz CT molecular complexity index is 1070. The normalized spacial score (nSPS) is 23.3. The standard InChI is InChI=1S/C22H19BrFN3OS/c1-2-14-12-29-22-26-20(17-5-3-4-10-25-17)21(27(14)22)19-9-8-18(28-19)15-7-6-13(24)11-16(15)23/h3-11,14,20-21H,2,12H2,1H3/t14-,20-,21+/m1/s1. The van der Waals surface area contributed by atoms with Gasteiger partial charge in [-0.3, -0.25) is 4.98 Å². The first-order valence-corrected chi connectivity index (χ1v) is 11.4. The van der Waals surface area contributed by atoms with Crippen LogP contribution in [0.5, 0.6) is 0 Å². The van der Waals surface area contributed by atoms with Gasteiger partial charge in [0, 0.05) is 28.0 Å². The molecule has 3 atom stereocenters. The van der Waals surface area contributed by atoms with E-state index in [1.54, 1.807) is 6.07 Å². The summed E-state index contributed by atoms with van der Waals surface area (Å²) >= 11 is 5.25. The highest BCUT2D eigenvalue weighted by Gasteiger charge is 2.46. The zero-order chi connectivity index (χ0) is 20.0. The summed E-state index contributed by atoms with van der Waals surface area (Å²) in [4.78, 5) is 12.0. The maximum atomic E-state index is 13.5. The van der Waals surface area contributed by atoms with E-state index in [-0.39, 0.29) is 17.9 Å². The van der Waals surface area contributed by atoms with Gasteiger partial charge in [0.2, 0.25) is 0 Å². The maximum absolute atomic E-state index is 13.5. The van der Waals surface area contributed by atoms with Crippen LogP contribution in [-0.4, -0.2) is 26.8 Å². The number of amidine groups is 1. The molecule has 0 spiro atoms. The van der Waals surface area contributed by atoms with E-state index in [0.29, 0.717) is 16.3 Å². The van der Waals surface area contributed by atoms with Gasteiger partial charge in [0.1, 0.15) is 29.4 Å². The summed E-state index contributed by atoms with van der Waals surface area (Å²) in [5.74, 6) is 2.32. The van der Waals surface area contributed by atoms with Gasteiger partial charge in [-0.25, -0.2) is 9.38 Å². The molecule has 3 aromatic rings. The van der Waals surface area contributed by atoms with Crippen LogP contribution in [0.2, 0.25) is 0 Å². The minimum atomic E-state index is -0.281. The highest BCUT2D eigenvalue weighted by molar-refractivity contribution is 9.10. The Morgan fingerprint density at radius 3 is 2.90 bits per heavy atom. The van der Waals surface area contributed by atoms with Crippen molar-refractivity contribution in [3.63, 3.8) is 0 Å². The third-order valence-corrected chi connectivity index (χ3v) is 7.23. The molecule has 0 N–H and O–H groups in total. The molecule has 0 bridgehead atoms. The Labute approximate surface area is 181 Å². The molecule has 5 rings (SSSR count). The number of pyridine rings is 1. The number of hydrogen-bond donors (Lipinski definition) is 0. The van der Waals surface area contributed by atoms with Gasteiger partial charge in [-0.1, -0.05) is 24.8 Å². The van der Waals surface area contributed by atoms with Crippen LogP contribution in [0.1, 0.15) is 36.9 Å². The summed E-state index contributed by atoms with van der Waals surface area (Å²) in [5, 5.41) is 1.07. The SMILES string of the molecule is CC[C@@H]1CSC2=N[C@H](c3ccccn3)[C@H](c3ccc(-c4ccc(F)cc4Br)o3)N21. The van der Waals surface area contributed by atoms with Gasteiger partial charge in [-0.2, -0.15) is 0 Å². The van der Waals surface area contributed by atoms with Gasteiger partial charge in [-0.05, 0) is 64.8 Å². The van der Waals surface area contributed by atoms with E-state index in [0.717, 1.165) is 34.4 Å². The predicted octanol–water partition coefficient (Wildman–Crippen LogP) is 6.22. The molecule has 0 amide bonds. The van der Waals surface area contributed by atoms with Crippen LogP contribution in [0.3, 0.4) is 0 Å². The number of benzene rings is 1. The lowest BCUT2D eigenvalue weighted by molar-refractivity contribution is 0.226. The van der Waals surface area contributed by atoms with Crippen LogP contribution in [-0.2, 0) is 0 Å². The largest absolute Gasteiger partial charge is 0.459 e. The maximum Gasteiger partial charge on any atom is 0.161 e. The van der Waals surface area contributed by atoms with Crippen LogP contribution >= 0.6 is 27.7 Å². The molecule has 7 heteroatoms. The molecule has 2 aliphatic rings. The van der Waals surface area contributed by atoms with E-state index in [4.69, 9.17) is 9.41 Å². The average molecular weight is 472 g/mol. The van der Waals surface area contributed by atoms with E-state index in [9.17, 15) is 4.39 Å². The van der Waals surface area contributed by atoms with Gasteiger partial charge in [0.15, 0.2) is 5.17 Å². The van der Waals surface area contributed by atoms with Crippen molar-refractivity contribution in [1.29, 1.82) is 0 Å². The van der Waals surface area contributed by atoms with E-state index in [2.05, 4.69) is 32.7 Å². The zero-order valence-corrected chi connectivity index (χ0v) is 18.2. The van der Waals surface area contributed by atoms with Crippen LogP contribution in [0.4, 0.5) is 4.39 Å². The summed E-state index contributed by atoms with van der Waals surface area (Å²) in [7, 11) is 0. The summed E-state index contributed by atoms with van der Waals surface area (Å²) < 4.78 is 20.5. The molecule has 29 heavy (non-hydrogen) atoms. The molecule has 0 aliphatic carbocycles. The fourth-order valence-electron chi connectivity index (χ4n) is 4.01. The minimum Gasteiger partial charge on any atom is -0.459 e. The summed E-state index contributed by atoms with van der Waals surface area (Å²) in [6.45, 7) is 2.21. The molecule has 4 heterocycles. The van der Waals surface area contributed by atoms with Crippen molar-refractivity contribution in [1.82, 2.24) is 9.88 Å². The van der Waals surface area contributed by atoms with Gasteiger partial charge in [0.05, 0.1) is 5.69 Å². The molecule has 0 unspecified atom stereocenters. The third-order valence-electron chi connectivity index (χ3n) is 5.44. The molecule has 4 nitrogen and oxygen atoms in total. The van der Waals surface area contributed by atoms with Gasteiger partial charge in [0.25, 0.3) is 0 Å². The second kappa shape index (κ2) is 7.61. The van der Waals surface area contributed by atoms with E-state index in [1.165, 1.54) is 12.1 Å². The lowest BCUT2D eigenvalue weighted by atomic mass is 10.0. The van der Waals surface area contributed by atoms with Gasteiger partial charge < -0.3 is 9.32 Å². The molecule has 2 aliphatic heterocycles. The van der Waals surface area contributed by atoms with Crippen molar-refractivity contribution in [2.45, 2.75) is 31.5 Å². The highest BCUT2D eigenvalue weighted by Crippen LogP contribution is 2.49. The molecular formula is C22H19BrFN3OS. The second-order valence-corrected chi connectivity index (χ2v) is 9.00. The van der Waals surface area contributed by atoms with Crippen molar-refractivity contribution in [3.05, 3.63) is 76.5 Å². The topological polar surface area (TPSA) is 41.6 Å². The fraction of sp³-hybridized carbons (Fsp3) is 0.273. The molecule has 0 radical (unpaired) electrons. The Kier molecular flexibility index (Phi) is 4.95. The lowest BCUT2D eigenvalue weighted by Gasteiger charge is -2.30. The Balaban J connectivity index is 1.56. The van der Waals surface area contributed by atoms with E-state index >= 15 is 0 Å². The first-order valence-electron chi connectivity index (χ1n) is 9.60. The molecule has 1 aromatic carbocycles. The van der Waals surface area contributed by atoms with Crippen LogP contribution < -0.4 is 0 Å². The fourth-order valence-corrected chi connectivity index (χ4v) is 5.89. The number of halogens is 2. The smallest absolute Gasteiger partial charge is 0.161 e. The number of nitrogens with zero attached hydrogens (tertiary/aromatic N) is 3. The molecule has 0 saturated carbocycles. The summed E-state index contributed by atoms with van der Waals surface area (Å²) in [6, 6.07) is 14.8. The van der Waals surface area contributed by atoms with Crippen LogP contribution in [0.25, 0.3) is 11.3 Å². The first kappa shape index (κ1) is 18.9. The Morgan fingerprint density at radius 2 is 2.14 bits per heavy atom. The molecule has 1 fully saturated rings. The number of aliphatic imine (C=N–C) groups is 1. The van der Waals surface area contributed by atoms with Crippen molar-refractivity contribution in [2.24, 2.45) is 4.99 Å². The quantitative estimate of drug-likeness (QED) is 0.452. The van der Waals surface area contributed by atoms with Crippen molar-refractivity contribution < 1.29 is 8.81 Å². The van der Waals surface area contributed by atoms with Crippen molar-refractivity contribution in [2.75, 3.05) is 5.75 Å². The van der Waals surface area contributed by atoms with Crippen LogP contribution in [0, 0.1) is 5.82 Å². The zero-order valence-electron chi connectivity index (χ0n) is 15.8. The average Bonchev–Trinajstić information content (AvgIpc) is 3.43. The molecule has 2 aromatic heterocycles. The number of thioether (sulfide) groups is 1. The third kappa shape index (κ3) is 3.30. The highest BCUT2D eigenvalue weighted by atomic mass is 79.9. The number of furan rings is 1. The number of fused-ring (bicyclic) bond motifs is 1.